The summed E-state index contributed by atoms with van der Waals surface area (Å²) < 4.78 is 0. The van der Waals surface area contributed by atoms with E-state index in [0.29, 0.717) is 6.42 Å². The van der Waals surface area contributed by atoms with Gasteiger partial charge in [0.05, 0.1) is 0 Å². The molecule has 1 fully saturated rings. The molecule has 0 spiro atoms. The van der Waals surface area contributed by atoms with Gasteiger partial charge in [0.25, 0.3) is 5.79 Å². The zero-order valence-corrected chi connectivity index (χ0v) is 8.80. The molecule has 15 heavy (non-hydrogen) atoms. The topological polar surface area (TPSA) is 36.9 Å². The van der Waals surface area contributed by atoms with E-state index >= 15 is 0 Å². The first kappa shape index (κ1) is 10.6. The molecule has 1 saturated heterocycles. The molecule has 0 radical (unpaired) electrons. The third-order valence-electron chi connectivity index (χ3n) is 2.26. The molecule has 2 rings (SSSR count). The van der Waals surface area contributed by atoms with Gasteiger partial charge >= 0.3 is 0 Å². The van der Waals surface area contributed by atoms with Gasteiger partial charge < -0.3 is 0 Å². The third-order valence-corrected chi connectivity index (χ3v) is 2.26. The van der Waals surface area contributed by atoms with Gasteiger partial charge in [-0.15, -0.1) is 0 Å². The summed E-state index contributed by atoms with van der Waals surface area (Å²) in [5, 5.41) is 0. The summed E-state index contributed by atoms with van der Waals surface area (Å²) in [5.74, 6) is -0.993. The van der Waals surface area contributed by atoms with E-state index < -0.39 is 12.1 Å². The lowest BCUT2D eigenvalue weighted by Crippen LogP contribution is -2.39. The van der Waals surface area contributed by atoms with Crippen molar-refractivity contribution in [3.8, 4) is 0 Å². The maximum atomic E-state index is 5.21. The summed E-state index contributed by atoms with van der Waals surface area (Å²) in [6.45, 7) is 3.66. The summed E-state index contributed by atoms with van der Waals surface area (Å²) in [7, 11) is 0. The van der Waals surface area contributed by atoms with E-state index in [1.165, 1.54) is 0 Å². The van der Waals surface area contributed by atoms with Crippen LogP contribution in [0.2, 0.25) is 0 Å². The standard InChI is InChI=1S/C11H14O4/c1-3-10-12-14-11(2,15-13-10)9-7-5-4-6-8-9/h4-8,10H,3H2,1-2H3. The highest BCUT2D eigenvalue weighted by Crippen LogP contribution is 2.32. The van der Waals surface area contributed by atoms with Crippen molar-refractivity contribution >= 4 is 0 Å². The van der Waals surface area contributed by atoms with E-state index in [0.717, 1.165) is 5.56 Å². The molecular weight excluding hydrogens is 196 g/mol. The van der Waals surface area contributed by atoms with Crippen LogP contribution in [0.4, 0.5) is 0 Å². The van der Waals surface area contributed by atoms with Crippen molar-refractivity contribution in [2.24, 2.45) is 0 Å². The molecular formula is C11H14O4. The average Bonchev–Trinajstić information content (AvgIpc) is 2.31. The monoisotopic (exact) mass is 210 g/mol. The molecule has 0 atom stereocenters. The van der Waals surface area contributed by atoms with Gasteiger partial charge in [0.1, 0.15) is 0 Å². The average molecular weight is 210 g/mol. The molecule has 0 amide bonds. The van der Waals surface area contributed by atoms with E-state index in [2.05, 4.69) is 0 Å². The molecule has 0 N–H and O–H groups in total. The van der Waals surface area contributed by atoms with Gasteiger partial charge in [0.2, 0.25) is 6.29 Å². The lowest BCUT2D eigenvalue weighted by molar-refractivity contribution is -0.629. The van der Waals surface area contributed by atoms with Gasteiger partial charge in [-0.05, 0) is 6.92 Å². The summed E-state index contributed by atoms with van der Waals surface area (Å²) in [5.41, 5.74) is 0.847. The van der Waals surface area contributed by atoms with Crippen molar-refractivity contribution in [3.05, 3.63) is 35.9 Å². The zero-order chi connectivity index (χ0) is 10.7. The Kier molecular flexibility index (Phi) is 3.02. The van der Waals surface area contributed by atoms with E-state index in [9.17, 15) is 0 Å². The second-order valence-electron chi connectivity index (χ2n) is 3.51. The van der Waals surface area contributed by atoms with Crippen LogP contribution < -0.4 is 0 Å². The van der Waals surface area contributed by atoms with E-state index in [4.69, 9.17) is 19.6 Å². The number of hydrogen-bond acceptors (Lipinski definition) is 4. The Morgan fingerprint density at radius 2 is 1.73 bits per heavy atom. The number of benzene rings is 1. The van der Waals surface area contributed by atoms with E-state index in [1.54, 1.807) is 6.92 Å². The van der Waals surface area contributed by atoms with Crippen molar-refractivity contribution < 1.29 is 19.6 Å². The number of rotatable bonds is 2. The Balaban J connectivity index is 2.10. The Morgan fingerprint density at radius 3 is 2.27 bits per heavy atom. The van der Waals surface area contributed by atoms with Crippen LogP contribution in [-0.2, 0) is 25.3 Å². The SMILES string of the molecule is CCC1OOC(C)(c2ccccc2)OO1. The summed E-state index contributed by atoms with van der Waals surface area (Å²) in [4.78, 5) is 20.5. The van der Waals surface area contributed by atoms with Crippen molar-refractivity contribution in [1.29, 1.82) is 0 Å². The second-order valence-corrected chi connectivity index (χ2v) is 3.51. The van der Waals surface area contributed by atoms with Crippen LogP contribution in [-0.4, -0.2) is 6.29 Å². The lowest BCUT2D eigenvalue weighted by Gasteiger charge is -2.34. The van der Waals surface area contributed by atoms with Crippen LogP contribution in [0, 0.1) is 0 Å². The van der Waals surface area contributed by atoms with Crippen LogP contribution >= 0.6 is 0 Å². The quantitative estimate of drug-likeness (QED) is 0.703. The fraction of sp³-hybridized carbons (Fsp3) is 0.455. The predicted molar refractivity (Wildman–Crippen MR) is 52.2 cm³/mol. The van der Waals surface area contributed by atoms with E-state index in [1.807, 2.05) is 37.3 Å². The fourth-order valence-electron chi connectivity index (χ4n) is 1.29. The van der Waals surface area contributed by atoms with Crippen LogP contribution in [0.15, 0.2) is 30.3 Å². The molecule has 82 valence electrons. The molecule has 1 aliphatic heterocycles. The second kappa shape index (κ2) is 4.28. The molecule has 1 aromatic carbocycles. The van der Waals surface area contributed by atoms with Gasteiger partial charge in [0.15, 0.2) is 0 Å². The first-order valence-electron chi connectivity index (χ1n) is 4.99. The maximum Gasteiger partial charge on any atom is 0.256 e. The highest BCUT2D eigenvalue weighted by atomic mass is 17.4. The van der Waals surface area contributed by atoms with Crippen LogP contribution in [0.25, 0.3) is 0 Å². The molecule has 0 saturated carbocycles. The van der Waals surface area contributed by atoms with Gasteiger partial charge in [-0.25, -0.2) is 0 Å². The molecule has 0 bridgehead atoms. The van der Waals surface area contributed by atoms with Gasteiger partial charge in [0, 0.05) is 12.0 Å². The van der Waals surface area contributed by atoms with Crippen LogP contribution in [0.1, 0.15) is 25.8 Å². The smallest absolute Gasteiger partial charge is 0.198 e. The Hall–Kier alpha value is -0.940. The summed E-state index contributed by atoms with van der Waals surface area (Å²) in [6, 6.07) is 9.50. The van der Waals surface area contributed by atoms with Crippen molar-refractivity contribution in [3.63, 3.8) is 0 Å². The maximum absolute atomic E-state index is 5.21. The molecule has 0 aliphatic carbocycles. The normalized spacial score (nSPS) is 31.5. The molecule has 1 heterocycles. The van der Waals surface area contributed by atoms with Crippen LogP contribution in [0.5, 0.6) is 0 Å². The molecule has 0 unspecified atom stereocenters. The molecule has 1 aromatic rings. The summed E-state index contributed by atoms with van der Waals surface area (Å²) >= 11 is 0. The minimum absolute atomic E-state index is 0.457. The first-order chi connectivity index (χ1) is 7.24. The Labute approximate surface area is 88.6 Å². The van der Waals surface area contributed by atoms with Crippen molar-refractivity contribution in [2.75, 3.05) is 0 Å². The fourth-order valence-corrected chi connectivity index (χ4v) is 1.29. The van der Waals surface area contributed by atoms with Gasteiger partial charge in [-0.1, -0.05) is 37.3 Å². The van der Waals surface area contributed by atoms with Crippen molar-refractivity contribution in [2.45, 2.75) is 32.3 Å². The number of hydrogen-bond donors (Lipinski definition) is 0. The van der Waals surface area contributed by atoms with Gasteiger partial charge in [-0.3, -0.25) is 0 Å². The van der Waals surface area contributed by atoms with E-state index in [-0.39, 0.29) is 0 Å². The first-order valence-corrected chi connectivity index (χ1v) is 4.99. The predicted octanol–water partition coefficient (Wildman–Crippen LogP) is 2.51. The summed E-state index contributed by atoms with van der Waals surface area (Å²) in [6.07, 6.45) is 0.215. The highest BCUT2D eigenvalue weighted by molar-refractivity contribution is 5.19. The zero-order valence-electron chi connectivity index (χ0n) is 8.80. The lowest BCUT2D eigenvalue weighted by atomic mass is 10.1. The molecule has 4 heteroatoms. The van der Waals surface area contributed by atoms with Crippen LogP contribution in [0.3, 0.4) is 0 Å². The third kappa shape index (κ3) is 2.18. The Morgan fingerprint density at radius 1 is 1.13 bits per heavy atom. The van der Waals surface area contributed by atoms with Crippen molar-refractivity contribution in [1.82, 2.24) is 0 Å². The van der Waals surface area contributed by atoms with Gasteiger partial charge in [-0.2, -0.15) is 19.6 Å². The minimum Gasteiger partial charge on any atom is -0.198 e. The molecule has 0 aromatic heterocycles. The largest absolute Gasteiger partial charge is 0.256 e. The molecule has 4 nitrogen and oxygen atoms in total. The minimum atomic E-state index is -0.993. The Bertz CT molecular complexity index is 304. The molecule has 1 aliphatic rings. The highest BCUT2D eigenvalue weighted by Gasteiger charge is 2.38.